The molecule has 6 heteroatoms. The first kappa shape index (κ1) is 19.4. The second-order valence-corrected chi connectivity index (χ2v) is 8.19. The standard InChI is InChI=1S/C19H30F4O2/c1-3-5-14-6-8-15(9-7-14)16-10-12-17(13-11-16,24-4-2)18(20,21)19(22,23)25-16/h14-15H,3-13H2,1-2H3. The maximum absolute atomic E-state index is 14.7. The van der Waals surface area contributed by atoms with E-state index in [1.807, 2.05) is 0 Å². The number of ether oxygens (including phenoxy) is 2. The molecule has 2 saturated heterocycles. The Morgan fingerprint density at radius 2 is 1.52 bits per heavy atom. The third kappa shape index (κ3) is 3.01. The van der Waals surface area contributed by atoms with Crippen molar-refractivity contribution in [3.8, 4) is 0 Å². The molecule has 25 heavy (non-hydrogen) atoms. The molecule has 2 bridgehead atoms. The predicted molar refractivity (Wildman–Crippen MR) is 86.9 cm³/mol. The lowest BCUT2D eigenvalue weighted by Gasteiger charge is -2.47. The first-order valence-electron chi connectivity index (χ1n) is 9.82. The van der Waals surface area contributed by atoms with E-state index in [-0.39, 0.29) is 38.2 Å². The molecule has 0 aromatic carbocycles. The van der Waals surface area contributed by atoms with Gasteiger partial charge < -0.3 is 9.47 Å². The zero-order valence-corrected chi connectivity index (χ0v) is 15.3. The molecule has 2 aliphatic heterocycles. The average Bonchev–Trinajstić information content (AvgIpc) is 2.67. The van der Waals surface area contributed by atoms with Gasteiger partial charge in [-0.1, -0.05) is 32.6 Å². The molecule has 0 spiro atoms. The minimum Gasteiger partial charge on any atom is -0.369 e. The summed E-state index contributed by atoms with van der Waals surface area (Å²) in [6.07, 6.45) is 1.74. The number of halogens is 4. The van der Waals surface area contributed by atoms with Crippen molar-refractivity contribution in [1.82, 2.24) is 0 Å². The summed E-state index contributed by atoms with van der Waals surface area (Å²) in [5.74, 6) is -3.72. The van der Waals surface area contributed by atoms with Gasteiger partial charge in [0.2, 0.25) is 0 Å². The van der Waals surface area contributed by atoms with Crippen LogP contribution < -0.4 is 0 Å². The molecule has 4 aliphatic rings. The Balaban J connectivity index is 1.83. The van der Waals surface area contributed by atoms with E-state index in [1.54, 1.807) is 6.92 Å². The highest BCUT2D eigenvalue weighted by Crippen LogP contribution is 2.61. The average molecular weight is 366 g/mol. The van der Waals surface area contributed by atoms with E-state index >= 15 is 0 Å². The van der Waals surface area contributed by atoms with E-state index in [0.29, 0.717) is 5.92 Å². The van der Waals surface area contributed by atoms with Crippen LogP contribution in [-0.4, -0.2) is 29.8 Å². The first-order valence-corrected chi connectivity index (χ1v) is 9.82. The van der Waals surface area contributed by atoms with Gasteiger partial charge in [0, 0.05) is 6.61 Å². The molecule has 0 aromatic rings. The minimum atomic E-state index is -4.48. The summed E-state index contributed by atoms with van der Waals surface area (Å²) >= 11 is 0. The van der Waals surface area contributed by atoms with Crippen LogP contribution in [-0.2, 0) is 9.47 Å². The zero-order valence-electron chi connectivity index (χ0n) is 15.3. The van der Waals surface area contributed by atoms with Crippen molar-refractivity contribution in [3.63, 3.8) is 0 Å². The SMILES string of the molecule is CCCC1CCC(C23CCC(OCC)(CC2)C(F)(F)C(F)(F)O3)CC1. The molecule has 4 rings (SSSR count). The third-order valence-corrected chi connectivity index (χ3v) is 6.88. The molecule has 2 saturated carbocycles. The Morgan fingerprint density at radius 3 is 2.04 bits per heavy atom. The molecule has 4 fully saturated rings. The molecular formula is C19H30F4O2. The lowest BCUT2D eigenvalue weighted by molar-refractivity contribution is -0.398. The topological polar surface area (TPSA) is 18.5 Å². The first-order chi connectivity index (χ1) is 11.7. The highest BCUT2D eigenvalue weighted by molar-refractivity contribution is 5.12. The number of hydrogen-bond acceptors (Lipinski definition) is 2. The predicted octanol–water partition coefficient (Wildman–Crippen LogP) is 5.94. The normalized spacial score (nSPS) is 43.0. The summed E-state index contributed by atoms with van der Waals surface area (Å²) in [4.78, 5) is 0. The van der Waals surface area contributed by atoms with Gasteiger partial charge >= 0.3 is 12.0 Å². The summed E-state index contributed by atoms with van der Waals surface area (Å²) in [5.41, 5.74) is -3.22. The van der Waals surface area contributed by atoms with Gasteiger partial charge in [0.25, 0.3) is 0 Å². The van der Waals surface area contributed by atoms with E-state index in [1.165, 1.54) is 0 Å². The Labute approximate surface area is 147 Å². The van der Waals surface area contributed by atoms with E-state index in [4.69, 9.17) is 9.47 Å². The van der Waals surface area contributed by atoms with E-state index in [0.717, 1.165) is 38.5 Å². The van der Waals surface area contributed by atoms with Crippen LogP contribution in [0.5, 0.6) is 0 Å². The van der Waals surface area contributed by atoms with Gasteiger partial charge in [-0.05, 0) is 57.3 Å². The van der Waals surface area contributed by atoms with Crippen molar-refractivity contribution in [3.05, 3.63) is 0 Å². The number of rotatable bonds is 5. The Kier molecular flexibility index (Phi) is 5.17. The summed E-state index contributed by atoms with van der Waals surface area (Å²) in [6.45, 7) is 3.72. The van der Waals surface area contributed by atoms with Crippen LogP contribution in [0.1, 0.15) is 78.1 Å². The Bertz CT molecular complexity index is 464. The zero-order chi connectivity index (χ0) is 18.3. The Hall–Kier alpha value is -0.360. The Morgan fingerprint density at radius 1 is 0.920 bits per heavy atom. The highest BCUT2D eigenvalue weighted by atomic mass is 19.3. The molecule has 0 atom stereocenters. The maximum Gasteiger partial charge on any atom is 0.422 e. The van der Waals surface area contributed by atoms with Gasteiger partial charge in [-0.3, -0.25) is 0 Å². The summed E-state index contributed by atoms with van der Waals surface area (Å²) in [6, 6.07) is 0. The minimum absolute atomic E-state index is 0.000790. The molecule has 0 aromatic heterocycles. The van der Waals surface area contributed by atoms with Crippen LogP contribution in [0.4, 0.5) is 17.6 Å². The largest absolute Gasteiger partial charge is 0.422 e. The molecule has 2 heterocycles. The van der Waals surface area contributed by atoms with Gasteiger partial charge in [0.15, 0.2) is 0 Å². The third-order valence-electron chi connectivity index (χ3n) is 6.88. The molecule has 2 aliphatic carbocycles. The molecular weight excluding hydrogens is 336 g/mol. The van der Waals surface area contributed by atoms with E-state index in [2.05, 4.69) is 6.92 Å². The molecule has 0 N–H and O–H groups in total. The van der Waals surface area contributed by atoms with Crippen molar-refractivity contribution in [2.45, 2.75) is 101 Å². The monoisotopic (exact) mass is 366 g/mol. The van der Waals surface area contributed by atoms with Crippen LogP contribution in [0.15, 0.2) is 0 Å². The highest BCUT2D eigenvalue weighted by Gasteiger charge is 2.77. The van der Waals surface area contributed by atoms with Gasteiger partial charge in [0.05, 0.1) is 5.60 Å². The molecule has 146 valence electrons. The molecule has 2 nitrogen and oxygen atoms in total. The number of alkyl halides is 4. The fourth-order valence-electron chi connectivity index (χ4n) is 5.47. The second kappa shape index (κ2) is 6.66. The number of fused-ring (bicyclic) bond motifs is 4. The van der Waals surface area contributed by atoms with Gasteiger partial charge in [-0.25, -0.2) is 0 Å². The fraction of sp³-hybridized carbons (Fsp3) is 1.00. The lowest BCUT2D eigenvalue weighted by atomic mass is 9.64. The van der Waals surface area contributed by atoms with E-state index in [9.17, 15) is 17.6 Å². The van der Waals surface area contributed by atoms with Gasteiger partial charge in [-0.2, -0.15) is 17.6 Å². The lowest BCUT2D eigenvalue weighted by Crippen LogP contribution is -2.59. The van der Waals surface area contributed by atoms with Crippen LogP contribution in [0.2, 0.25) is 0 Å². The molecule has 0 amide bonds. The quantitative estimate of drug-likeness (QED) is 0.561. The second-order valence-electron chi connectivity index (χ2n) is 8.19. The van der Waals surface area contributed by atoms with E-state index < -0.39 is 23.2 Å². The van der Waals surface area contributed by atoms with Crippen molar-refractivity contribution < 1.29 is 27.0 Å². The maximum atomic E-state index is 14.7. The van der Waals surface area contributed by atoms with Crippen LogP contribution in [0, 0.1) is 11.8 Å². The van der Waals surface area contributed by atoms with Crippen molar-refractivity contribution in [2.24, 2.45) is 11.8 Å². The van der Waals surface area contributed by atoms with Crippen molar-refractivity contribution in [2.75, 3.05) is 6.61 Å². The van der Waals surface area contributed by atoms with Crippen LogP contribution in [0.3, 0.4) is 0 Å². The van der Waals surface area contributed by atoms with Crippen molar-refractivity contribution >= 4 is 0 Å². The summed E-state index contributed by atoms with van der Waals surface area (Å²) < 4.78 is 68.6. The van der Waals surface area contributed by atoms with Crippen LogP contribution >= 0.6 is 0 Å². The van der Waals surface area contributed by atoms with Gasteiger partial charge in [-0.15, -0.1) is 0 Å². The van der Waals surface area contributed by atoms with Gasteiger partial charge in [0.1, 0.15) is 5.60 Å². The summed E-state index contributed by atoms with van der Waals surface area (Å²) in [7, 11) is 0. The van der Waals surface area contributed by atoms with Crippen LogP contribution in [0.25, 0.3) is 0 Å². The van der Waals surface area contributed by atoms with Crippen molar-refractivity contribution in [1.29, 1.82) is 0 Å². The number of hydrogen-bond donors (Lipinski definition) is 0. The summed E-state index contributed by atoms with van der Waals surface area (Å²) in [5, 5.41) is 0. The molecule has 0 unspecified atom stereocenters. The molecule has 0 radical (unpaired) electrons. The smallest absolute Gasteiger partial charge is 0.369 e. The fourth-order valence-corrected chi connectivity index (χ4v) is 5.47.